The first-order valence-electron chi connectivity index (χ1n) is 7.42. The Morgan fingerprint density at radius 2 is 1.74 bits per heavy atom. The third kappa shape index (κ3) is 3.58. The predicted octanol–water partition coefficient (Wildman–Crippen LogP) is 4.40. The van der Waals surface area contributed by atoms with Gasteiger partial charge in [0, 0.05) is 0 Å². The third-order valence-electron chi connectivity index (χ3n) is 4.69. The Balaban J connectivity index is 2.05. The summed E-state index contributed by atoms with van der Waals surface area (Å²) < 4.78 is 0. The van der Waals surface area contributed by atoms with Crippen LogP contribution in [0.2, 0.25) is 0 Å². The van der Waals surface area contributed by atoms with E-state index in [1.807, 2.05) is 0 Å². The molecule has 0 aromatic heterocycles. The van der Waals surface area contributed by atoms with Gasteiger partial charge in [0.15, 0.2) is 0 Å². The van der Waals surface area contributed by atoms with Crippen LogP contribution < -0.4 is 5.90 Å². The summed E-state index contributed by atoms with van der Waals surface area (Å²) in [4.78, 5) is 4.83. The van der Waals surface area contributed by atoms with Gasteiger partial charge in [-0.05, 0) is 54.1 Å². The first kappa shape index (κ1) is 14.5. The van der Waals surface area contributed by atoms with Gasteiger partial charge in [-0.2, -0.15) is 0 Å². The smallest absolute Gasteiger partial charge is 0.0932 e. The minimum Gasteiger partial charge on any atom is -0.300 e. The van der Waals surface area contributed by atoms with Gasteiger partial charge in [0.2, 0.25) is 0 Å². The summed E-state index contributed by atoms with van der Waals surface area (Å²) in [5.41, 5.74) is 3.15. The Morgan fingerprint density at radius 1 is 1.11 bits per heavy atom. The summed E-state index contributed by atoms with van der Waals surface area (Å²) in [7, 11) is 0. The molecule has 2 N–H and O–H groups in total. The minimum absolute atomic E-state index is 0.449. The highest BCUT2D eigenvalue weighted by Gasteiger charge is 2.30. The molecule has 2 heteroatoms. The van der Waals surface area contributed by atoms with Crippen molar-refractivity contribution in [1.82, 2.24) is 0 Å². The molecule has 2 nitrogen and oxygen atoms in total. The maximum atomic E-state index is 5.24. The van der Waals surface area contributed by atoms with Gasteiger partial charge in [0.05, 0.1) is 6.61 Å². The second kappa shape index (κ2) is 6.06. The molecule has 1 aromatic carbocycles. The maximum Gasteiger partial charge on any atom is 0.0932 e. The van der Waals surface area contributed by atoms with E-state index in [9.17, 15) is 0 Å². The highest BCUT2D eigenvalue weighted by Crippen LogP contribution is 2.43. The average molecular weight is 261 g/mol. The summed E-state index contributed by atoms with van der Waals surface area (Å²) in [5.74, 6) is 6.79. The Hall–Kier alpha value is -0.860. The molecule has 2 rings (SSSR count). The van der Waals surface area contributed by atoms with Gasteiger partial charge in [-0.3, -0.25) is 4.84 Å². The molecular weight excluding hydrogens is 234 g/mol. The SMILES string of the molecule is CC(C)(C)C1CCC(c2ccccc2CON)CC1. The fourth-order valence-electron chi connectivity index (χ4n) is 3.42. The molecule has 0 atom stereocenters. The van der Waals surface area contributed by atoms with Crippen LogP contribution in [0, 0.1) is 11.3 Å². The van der Waals surface area contributed by atoms with Gasteiger partial charge >= 0.3 is 0 Å². The summed E-state index contributed by atoms with van der Waals surface area (Å²) >= 11 is 0. The van der Waals surface area contributed by atoms with Crippen LogP contribution in [0.5, 0.6) is 0 Å². The van der Waals surface area contributed by atoms with Crippen molar-refractivity contribution < 1.29 is 4.84 Å². The van der Waals surface area contributed by atoms with Crippen molar-refractivity contribution in [3.63, 3.8) is 0 Å². The van der Waals surface area contributed by atoms with Crippen molar-refractivity contribution in [2.75, 3.05) is 0 Å². The van der Waals surface area contributed by atoms with E-state index in [4.69, 9.17) is 10.7 Å². The second-order valence-corrected chi connectivity index (χ2v) is 6.92. The average Bonchev–Trinajstić information content (AvgIpc) is 2.39. The van der Waals surface area contributed by atoms with Crippen LogP contribution in [-0.2, 0) is 11.4 Å². The lowest BCUT2D eigenvalue weighted by Gasteiger charge is -2.37. The zero-order chi connectivity index (χ0) is 13.9. The van der Waals surface area contributed by atoms with Crippen LogP contribution in [0.15, 0.2) is 24.3 Å². The molecular formula is C17H27NO. The number of hydrogen-bond acceptors (Lipinski definition) is 2. The molecule has 0 spiro atoms. The Bertz CT molecular complexity index is 400. The van der Waals surface area contributed by atoms with Crippen LogP contribution in [0.1, 0.15) is 63.5 Å². The molecule has 0 heterocycles. The zero-order valence-corrected chi connectivity index (χ0v) is 12.5. The van der Waals surface area contributed by atoms with Gasteiger partial charge in [0.25, 0.3) is 0 Å². The van der Waals surface area contributed by atoms with Crippen molar-refractivity contribution >= 4 is 0 Å². The molecule has 1 aliphatic carbocycles. The molecule has 0 aliphatic heterocycles. The van der Waals surface area contributed by atoms with E-state index in [0.717, 1.165) is 5.92 Å². The van der Waals surface area contributed by atoms with E-state index in [2.05, 4.69) is 45.0 Å². The maximum absolute atomic E-state index is 5.24. The summed E-state index contributed by atoms with van der Waals surface area (Å²) in [6.45, 7) is 7.63. The van der Waals surface area contributed by atoms with Gasteiger partial charge in [-0.15, -0.1) is 0 Å². The molecule has 0 saturated heterocycles. The number of nitrogens with two attached hydrogens (primary N) is 1. The molecule has 106 valence electrons. The van der Waals surface area contributed by atoms with Crippen LogP contribution >= 0.6 is 0 Å². The topological polar surface area (TPSA) is 35.2 Å². The second-order valence-electron chi connectivity index (χ2n) is 6.92. The van der Waals surface area contributed by atoms with E-state index in [0.29, 0.717) is 17.9 Å². The molecule has 1 saturated carbocycles. The van der Waals surface area contributed by atoms with Crippen molar-refractivity contribution in [1.29, 1.82) is 0 Å². The summed E-state index contributed by atoms with van der Waals surface area (Å²) in [5, 5.41) is 0. The highest BCUT2D eigenvalue weighted by atomic mass is 16.6. The fraction of sp³-hybridized carbons (Fsp3) is 0.647. The molecule has 0 bridgehead atoms. The quantitative estimate of drug-likeness (QED) is 0.819. The highest BCUT2D eigenvalue weighted by molar-refractivity contribution is 5.30. The lowest BCUT2D eigenvalue weighted by molar-refractivity contribution is 0.122. The lowest BCUT2D eigenvalue weighted by atomic mass is 9.68. The molecule has 1 aliphatic rings. The molecule has 1 aromatic rings. The van der Waals surface area contributed by atoms with E-state index >= 15 is 0 Å². The molecule has 1 fully saturated rings. The summed E-state index contributed by atoms with van der Waals surface area (Å²) in [6.07, 6.45) is 5.27. The third-order valence-corrected chi connectivity index (χ3v) is 4.69. The first-order valence-corrected chi connectivity index (χ1v) is 7.42. The normalized spacial score (nSPS) is 24.4. The van der Waals surface area contributed by atoms with E-state index in [1.54, 1.807) is 0 Å². The monoisotopic (exact) mass is 261 g/mol. The summed E-state index contributed by atoms with van der Waals surface area (Å²) in [6, 6.07) is 8.58. The Morgan fingerprint density at radius 3 is 2.32 bits per heavy atom. The van der Waals surface area contributed by atoms with Crippen molar-refractivity contribution in [3.05, 3.63) is 35.4 Å². The standard InChI is InChI=1S/C17H27NO/c1-17(2,3)15-10-8-13(9-11-15)16-7-5-4-6-14(16)12-19-18/h4-7,13,15H,8-12,18H2,1-3H3. The van der Waals surface area contributed by atoms with E-state index in [1.165, 1.54) is 36.8 Å². The van der Waals surface area contributed by atoms with E-state index < -0.39 is 0 Å². The lowest BCUT2D eigenvalue weighted by Crippen LogP contribution is -2.25. The van der Waals surface area contributed by atoms with Crippen molar-refractivity contribution in [2.24, 2.45) is 17.2 Å². The Kier molecular flexibility index (Phi) is 4.64. The molecule has 0 radical (unpaired) electrons. The van der Waals surface area contributed by atoms with Crippen LogP contribution in [0.3, 0.4) is 0 Å². The van der Waals surface area contributed by atoms with E-state index in [-0.39, 0.29) is 0 Å². The van der Waals surface area contributed by atoms with Gasteiger partial charge < -0.3 is 0 Å². The van der Waals surface area contributed by atoms with Gasteiger partial charge in [-0.25, -0.2) is 5.90 Å². The van der Waals surface area contributed by atoms with Crippen molar-refractivity contribution in [2.45, 2.75) is 59.0 Å². The van der Waals surface area contributed by atoms with Crippen LogP contribution in [0.25, 0.3) is 0 Å². The van der Waals surface area contributed by atoms with Gasteiger partial charge in [-0.1, -0.05) is 45.0 Å². The first-order chi connectivity index (χ1) is 9.02. The van der Waals surface area contributed by atoms with Gasteiger partial charge in [0.1, 0.15) is 0 Å². The number of benzene rings is 1. The molecule has 19 heavy (non-hydrogen) atoms. The van der Waals surface area contributed by atoms with Crippen molar-refractivity contribution in [3.8, 4) is 0 Å². The zero-order valence-electron chi connectivity index (χ0n) is 12.5. The van der Waals surface area contributed by atoms with Crippen LogP contribution in [-0.4, -0.2) is 0 Å². The van der Waals surface area contributed by atoms with Crippen LogP contribution in [0.4, 0.5) is 0 Å². The molecule has 0 amide bonds. The predicted molar refractivity (Wildman–Crippen MR) is 79.6 cm³/mol. The molecule has 0 unspecified atom stereocenters. The Labute approximate surface area is 117 Å². The fourth-order valence-corrected chi connectivity index (χ4v) is 3.42. The minimum atomic E-state index is 0.449. The largest absolute Gasteiger partial charge is 0.300 e. The number of hydrogen-bond donors (Lipinski definition) is 1. The number of rotatable bonds is 3.